The summed E-state index contributed by atoms with van der Waals surface area (Å²) in [6.07, 6.45) is 7.48. The van der Waals surface area contributed by atoms with E-state index in [1.54, 1.807) is 0 Å². The van der Waals surface area contributed by atoms with Gasteiger partial charge in [-0.3, -0.25) is 0 Å². The van der Waals surface area contributed by atoms with Gasteiger partial charge in [0.15, 0.2) is 0 Å². The average molecular weight is 257 g/mol. The lowest BCUT2D eigenvalue weighted by Crippen LogP contribution is -2.28. The predicted octanol–water partition coefficient (Wildman–Crippen LogP) is 1.89. The molecule has 3 heterocycles. The smallest absolute Gasteiger partial charge is 0.136 e. The van der Waals surface area contributed by atoms with Crippen LogP contribution in [0.1, 0.15) is 49.7 Å². The van der Waals surface area contributed by atoms with E-state index in [9.17, 15) is 0 Å². The van der Waals surface area contributed by atoms with Crippen LogP contribution in [-0.2, 0) is 13.0 Å². The molecule has 96 valence electrons. The molecule has 1 fully saturated rings. The highest BCUT2D eigenvalue weighted by Gasteiger charge is 2.23. The summed E-state index contributed by atoms with van der Waals surface area (Å²) in [5.41, 5.74) is 0. The zero-order chi connectivity index (χ0) is 10.8. The van der Waals surface area contributed by atoms with Crippen molar-refractivity contribution >= 4 is 12.4 Å². The summed E-state index contributed by atoms with van der Waals surface area (Å²) in [5.74, 6) is 3.13. The number of nitrogens with zero attached hydrogens (tertiary/aromatic N) is 3. The van der Waals surface area contributed by atoms with E-state index in [4.69, 9.17) is 0 Å². The van der Waals surface area contributed by atoms with Crippen LogP contribution in [0.3, 0.4) is 0 Å². The Bertz CT molecular complexity index is 357. The topological polar surface area (TPSA) is 42.7 Å². The Morgan fingerprint density at radius 1 is 1.06 bits per heavy atom. The van der Waals surface area contributed by atoms with E-state index in [2.05, 4.69) is 20.1 Å². The van der Waals surface area contributed by atoms with Gasteiger partial charge in [-0.2, -0.15) is 0 Å². The van der Waals surface area contributed by atoms with Crippen LogP contribution in [0.15, 0.2) is 0 Å². The van der Waals surface area contributed by atoms with Crippen LogP contribution in [0, 0.1) is 0 Å². The fourth-order valence-corrected chi connectivity index (χ4v) is 2.89. The molecule has 4 nitrogen and oxygen atoms in total. The van der Waals surface area contributed by atoms with Crippen LogP contribution in [0.5, 0.6) is 0 Å². The van der Waals surface area contributed by atoms with Gasteiger partial charge in [-0.15, -0.1) is 22.6 Å². The predicted molar refractivity (Wildman–Crippen MR) is 69.7 cm³/mol. The molecule has 0 aliphatic carbocycles. The molecule has 0 spiro atoms. The van der Waals surface area contributed by atoms with E-state index in [0.29, 0.717) is 5.92 Å². The van der Waals surface area contributed by atoms with Gasteiger partial charge < -0.3 is 9.88 Å². The van der Waals surface area contributed by atoms with Crippen LogP contribution in [0.4, 0.5) is 0 Å². The summed E-state index contributed by atoms with van der Waals surface area (Å²) in [7, 11) is 0. The van der Waals surface area contributed by atoms with Crippen molar-refractivity contribution in [2.45, 2.75) is 51.0 Å². The number of nitrogens with one attached hydrogen (secondary N) is 1. The van der Waals surface area contributed by atoms with Gasteiger partial charge >= 0.3 is 0 Å². The molecule has 0 radical (unpaired) electrons. The van der Waals surface area contributed by atoms with Crippen LogP contribution in [0.25, 0.3) is 0 Å². The lowest BCUT2D eigenvalue weighted by molar-refractivity contribution is 0.427. The molecule has 0 atom stereocenters. The molecule has 0 saturated carbocycles. The van der Waals surface area contributed by atoms with Crippen molar-refractivity contribution in [3.05, 3.63) is 11.6 Å². The van der Waals surface area contributed by atoms with Crippen LogP contribution >= 0.6 is 12.4 Å². The summed E-state index contributed by atoms with van der Waals surface area (Å²) in [6, 6.07) is 0. The van der Waals surface area contributed by atoms with Crippen molar-refractivity contribution < 1.29 is 0 Å². The van der Waals surface area contributed by atoms with Crippen LogP contribution in [0.2, 0.25) is 0 Å². The maximum Gasteiger partial charge on any atom is 0.136 e. The number of aryl methyl sites for hydroxylation is 1. The summed E-state index contributed by atoms with van der Waals surface area (Å²) < 4.78 is 2.41. The molecule has 1 aromatic rings. The lowest BCUT2D eigenvalue weighted by atomic mass is 9.97. The fourth-order valence-electron chi connectivity index (χ4n) is 2.89. The quantitative estimate of drug-likeness (QED) is 0.835. The van der Waals surface area contributed by atoms with E-state index in [-0.39, 0.29) is 12.4 Å². The standard InChI is InChI=1S/C12H20N4.ClH/c1-2-4-11-14-15-12(16(11)9-3-1)10-5-7-13-8-6-10;/h10,13H,1-9H2;1H. The molecule has 1 N–H and O–H groups in total. The molecule has 3 rings (SSSR count). The van der Waals surface area contributed by atoms with Gasteiger partial charge in [-0.1, -0.05) is 6.42 Å². The number of rotatable bonds is 1. The summed E-state index contributed by atoms with van der Waals surface area (Å²) >= 11 is 0. The summed E-state index contributed by atoms with van der Waals surface area (Å²) in [5, 5.41) is 12.2. The SMILES string of the molecule is C1CCc2nnc(C3CCNCC3)n2CC1.Cl. The number of hydrogen-bond donors (Lipinski definition) is 1. The number of fused-ring (bicyclic) bond motifs is 1. The van der Waals surface area contributed by atoms with Crippen molar-refractivity contribution in [3.8, 4) is 0 Å². The Morgan fingerprint density at radius 3 is 2.71 bits per heavy atom. The number of piperidine rings is 1. The normalized spacial score (nSPS) is 21.4. The van der Waals surface area contributed by atoms with Crippen molar-refractivity contribution in [1.29, 1.82) is 0 Å². The van der Waals surface area contributed by atoms with Gasteiger partial charge in [0.05, 0.1) is 0 Å². The van der Waals surface area contributed by atoms with E-state index in [1.807, 2.05) is 0 Å². The Kier molecular flexibility index (Phi) is 4.40. The summed E-state index contributed by atoms with van der Waals surface area (Å²) in [4.78, 5) is 0. The first-order valence-electron chi connectivity index (χ1n) is 6.58. The number of halogens is 1. The number of hydrogen-bond acceptors (Lipinski definition) is 3. The molecule has 5 heteroatoms. The van der Waals surface area contributed by atoms with E-state index >= 15 is 0 Å². The maximum absolute atomic E-state index is 4.45. The Balaban J connectivity index is 0.00000108. The molecular formula is C12H21ClN4. The van der Waals surface area contributed by atoms with Gasteiger partial charge in [-0.25, -0.2) is 0 Å². The Hall–Kier alpha value is -0.610. The van der Waals surface area contributed by atoms with Gasteiger partial charge in [0.25, 0.3) is 0 Å². The molecule has 17 heavy (non-hydrogen) atoms. The molecule has 1 saturated heterocycles. The van der Waals surface area contributed by atoms with Crippen molar-refractivity contribution in [1.82, 2.24) is 20.1 Å². The van der Waals surface area contributed by atoms with Crippen molar-refractivity contribution in [2.75, 3.05) is 13.1 Å². The highest BCUT2D eigenvalue weighted by atomic mass is 35.5. The van der Waals surface area contributed by atoms with Gasteiger partial charge in [0, 0.05) is 18.9 Å². The highest BCUT2D eigenvalue weighted by molar-refractivity contribution is 5.85. The van der Waals surface area contributed by atoms with Crippen molar-refractivity contribution in [2.24, 2.45) is 0 Å². The Morgan fingerprint density at radius 2 is 1.88 bits per heavy atom. The van der Waals surface area contributed by atoms with Gasteiger partial charge in [0.2, 0.25) is 0 Å². The molecule has 2 aliphatic heterocycles. The molecule has 1 aromatic heterocycles. The lowest BCUT2D eigenvalue weighted by Gasteiger charge is -2.22. The first-order chi connectivity index (χ1) is 7.95. The highest BCUT2D eigenvalue weighted by Crippen LogP contribution is 2.26. The third-order valence-electron chi connectivity index (χ3n) is 3.84. The molecule has 0 amide bonds. The zero-order valence-electron chi connectivity index (χ0n) is 10.2. The fraction of sp³-hybridized carbons (Fsp3) is 0.833. The molecule has 0 bridgehead atoms. The van der Waals surface area contributed by atoms with Gasteiger partial charge in [0.1, 0.15) is 11.6 Å². The average Bonchev–Trinajstić information content (AvgIpc) is 2.60. The van der Waals surface area contributed by atoms with Gasteiger partial charge in [-0.05, 0) is 38.8 Å². The minimum absolute atomic E-state index is 0. The van der Waals surface area contributed by atoms with Crippen LogP contribution in [-0.4, -0.2) is 27.9 Å². The first-order valence-corrected chi connectivity index (χ1v) is 6.58. The monoisotopic (exact) mass is 256 g/mol. The minimum Gasteiger partial charge on any atom is -0.317 e. The third kappa shape index (κ3) is 2.63. The second kappa shape index (κ2) is 5.83. The second-order valence-electron chi connectivity index (χ2n) is 4.96. The first kappa shape index (κ1) is 12.8. The van der Waals surface area contributed by atoms with E-state index in [0.717, 1.165) is 26.1 Å². The zero-order valence-corrected chi connectivity index (χ0v) is 11.0. The number of aromatic nitrogens is 3. The summed E-state index contributed by atoms with van der Waals surface area (Å²) in [6.45, 7) is 3.40. The molecule has 2 aliphatic rings. The maximum atomic E-state index is 4.45. The molecule has 0 aromatic carbocycles. The minimum atomic E-state index is 0. The Labute approximate surface area is 109 Å². The molecule has 0 unspecified atom stereocenters. The van der Waals surface area contributed by atoms with E-state index in [1.165, 1.54) is 43.8 Å². The second-order valence-corrected chi connectivity index (χ2v) is 4.96. The third-order valence-corrected chi connectivity index (χ3v) is 3.84. The largest absolute Gasteiger partial charge is 0.317 e. The molecular weight excluding hydrogens is 236 g/mol. The van der Waals surface area contributed by atoms with Crippen molar-refractivity contribution in [3.63, 3.8) is 0 Å². The van der Waals surface area contributed by atoms with Crippen LogP contribution < -0.4 is 5.32 Å². The van der Waals surface area contributed by atoms with E-state index < -0.39 is 0 Å².